The highest BCUT2D eigenvalue weighted by Gasteiger charge is 2.28. The molecule has 0 fully saturated rings. The Hall–Kier alpha value is -1.37. The van der Waals surface area contributed by atoms with Crippen LogP contribution < -0.4 is 0 Å². The first-order chi connectivity index (χ1) is 10.6. The lowest BCUT2D eigenvalue weighted by Crippen LogP contribution is -2.27. The molecule has 2 atom stereocenters. The highest BCUT2D eigenvalue weighted by molar-refractivity contribution is 9.10. The summed E-state index contributed by atoms with van der Waals surface area (Å²) in [5.74, 6) is -1.23. The van der Waals surface area contributed by atoms with Crippen molar-refractivity contribution in [1.29, 1.82) is 0 Å². The molecule has 6 heteroatoms. The van der Waals surface area contributed by atoms with Gasteiger partial charge in [0.2, 0.25) is 12.0 Å². The summed E-state index contributed by atoms with van der Waals surface area (Å²) in [7, 11) is 0. The van der Waals surface area contributed by atoms with Gasteiger partial charge in [-0.1, -0.05) is 28.1 Å². The maximum atomic E-state index is 11.2. The van der Waals surface area contributed by atoms with Crippen molar-refractivity contribution in [3.8, 4) is 0 Å². The molecule has 0 aromatic heterocycles. The van der Waals surface area contributed by atoms with Gasteiger partial charge in [-0.25, -0.2) is 4.79 Å². The number of hydrogen-bond donors (Lipinski definition) is 2. The van der Waals surface area contributed by atoms with Crippen molar-refractivity contribution in [1.82, 2.24) is 0 Å². The minimum Gasteiger partial charge on any atom is -0.475 e. The van der Waals surface area contributed by atoms with Gasteiger partial charge in [0.1, 0.15) is 0 Å². The van der Waals surface area contributed by atoms with Crippen LogP contribution in [-0.4, -0.2) is 35.7 Å². The predicted octanol–water partition coefficient (Wildman–Crippen LogP) is 3.04. The summed E-state index contributed by atoms with van der Waals surface area (Å²) in [4.78, 5) is 11.2. The third-order valence-electron chi connectivity index (χ3n) is 3.42. The minimum absolute atomic E-state index is 0.0595. The third-order valence-corrected chi connectivity index (χ3v) is 3.95. The zero-order valence-corrected chi connectivity index (χ0v) is 13.7. The van der Waals surface area contributed by atoms with Crippen molar-refractivity contribution in [3.05, 3.63) is 46.1 Å². The summed E-state index contributed by atoms with van der Waals surface area (Å²) in [6.45, 7) is 0.557. The van der Waals surface area contributed by atoms with E-state index in [2.05, 4.69) is 15.9 Å². The van der Waals surface area contributed by atoms with Gasteiger partial charge in [0.25, 0.3) is 0 Å². The Morgan fingerprint density at radius 3 is 2.68 bits per heavy atom. The van der Waals surface area contributed by atoms with Crippen LogP contribution in [0.1, 0.15) is 30.7 Å². The van der Waals surface area contributed by atoms with E-state index in [0.29, 0.717) is 25.9 Å². The molecule has 0 saturated carbocycles. The number of aliphatic hydroxyl groups excluding tert-OH is 1. The van der Waals surface area contributed by atoms with Crippen LogP contribution in [0, 0.1) is 0 Å². The topological polar surface area (TPSA) is 76.0 Å². The summed E-state index contributed by atoms with van der Waals surface area (Å²) < 4.78 is 11.9. The molecule has 0 saturated heterocycles. The smallest absolute Gasteiger partial charge is 0.370 e. The molecule has 1 heterocycles. The van der Waals surface area contributed by atoms with Crippen molar-refractivity contribution in [3.63, 3.8) is 0 Å². The standard InChI is InChI=1S/C16H19BrO5/c17-13-5-3-11(4-6-13)12-9-14(16(19)20)22-15(10-12)21-8-2-1-7-18/h3-6,9,12,15,18H,1-2,7-8,10H2,(H,19,20)/t12-,15+/m1/s1. The molecule has 0 amide bonds. The maximum absolute atomic E-state index is 11.2. The Balaban J connectivity index is 2.06. The fourth-order valence-electron chi connectivity index (χ4n) is 2.28. The van der Waals surface area contributed by atoms with Crippen LogP contribution in [0.5, 0.6) is 0 Å². The number of ether oxygens (including phenoxy) is 2. The average molecular weight is 371 g/mol. The van der Waals surface area contributed by atoms with E-state index in [1.807, 2.05) is 24.3 Å². The number of rotatable bonds is 7. The Bertz CT molecular complexity index is 526. The molecule has 1 aliphatic rings. The molecule has 2 N–H and O–H groups in total. The number of carbonyl (C=O) groups is 1. The second kappa shape index (κ2) is 8.31. The Labute approximate surface area is 137 Å². The maximum Gasteiger partial charge on any atom is 0.370 e. The molecule has 0 radical (unpaired) electrons. The van der Waals surface area contributed by atoms with Gasteiger partial charge in [0.05, 0.1) is 6.61 Å². The van der Waals surface area contributed by atoms with E-state index in [1.165, 1.54) is 0 Å². The molecule has 5 nitrogen and oxygen atoms in total. The zero-order chi connectivity index (χ0) is 15.9. The fourth-order valence-corrected chi connectivity index (χ4v) is 2.55. The lowest BCUT2D eigenvalue weighted by atomic mass is 9.93. The van der Waals surface area contributed by atoms with E-state index < -0.39 is 12.3 Å². The van der Waals surface area contributed by atoms with Crippen molar-refractivity contribution < 1.29 is 24.5 Å². The predicted molar refractivity (Wildman–Crippen MR) is 84.4 cm³/mol. The lowest BCUT2D eigenvalue weighted by molar-refractivity contribution is -0.157. The van der Waals surface area contributed by atoms with Crippen LogP contribution in [0.2, 0.25) is 0 Å². The van der Waals surface area contributed by atoms with Crippen LogP contribution in [0.15, 0.2) is 40.6 Å². The molecule has 1 aromatic rings. The molecule has 1 aliphatic heterocycles. The van der Waals surface area contributed by atoms with Crippen molar-refractivity contribution >= 4 is 21.9 Å². The van der Waals surface area contributed by atoms with E-state index in [1.54, 1.807) is 6.08 Å². The monoisotopic (exact) mass is 370 g/mol. The van der Waals surface area contributed by atoms with E-state index in [-0.39, 0.29) is 18.3 Å². The van der Waals surface area contributed by atoms with Crippen LogP contribution in [-0.2, 0) is 14.3 Å². The highest BCUT2D eigenvalue weighted by atomic mass is 79.9. The SMILES string of the molecule is O=C(O)C1=C[C@@H](c2ccc(Br)cc2)C[C@@H](OCCCCO)O1. The number of unbranched alkanes of at least 4 members (excludes halogenated alkanes) is 1. The third kappa shape index (κ3) is 4.83. The molecule has 120 valence electrons. The lowest BCUT2D eigenvalue weighted by Gasteiger charge is -2.28. The Morgan fingerprint density at radius 1 is 1.32 bits per heavy atom. The second-order valence-electron chi connectivity index (χ2n) is 5.08. The van der Waals surface area contributed by atoms with Gasteiger partial charge in [-0.3, -0.25) is 0 Å². The van der Waals surface area contributed by atoms with Crippen LogP contribution in [0.25, 0.3) is 0 Å². The van der Waals surface area contributed by atoms with Gasteiger partial charge >= 0.3 is 5.97 Å². The zero-order valence-electron chi connectivity index (χ0n) is 12.1. The number of aliphatic carboxylic acids is 1. The first kappa shape index (κ1) is 17.0. The van der Waals surface area contributed by atoms with E-state index >= 15 is 0 Å². The summed E-state index contributed by atoms with van der Waals surface area (Å²) in [6, 6.07) is 7.77. The van der Waals surface area contributed by atoms with Gasteiger partial charge in [-0.2, -0.15) is 0 Å². The van der Waals surface area contributed by atoms with E-state index in [0.717, 1.165) is 10.0 Å². The fraction of sp³-hybridized carbons (Fsp3) is 0.438. The van der Waals surface area contributed by atoms with Gasteiger partial charge in [0, 0.05) is 23.4 Å². The molecular weight excluding hydrogens is 352 g/mol. The number of benzene rings is 1. The van der Waals surface area contributed by atoms with Gasteiger partial charge in [-0.15, -0.1) is 0 Å². The first-order valence-electron chi connectivity index (χ1n) is 7.20. The number of carboxylic acids is 1. The molecule has 2 rings (SSSR count). The summed E-state index contributed by atoms with van der Waals surface area (Å²) >= 11 is 3.39. The largest absolute Gasteiger partial charge is 0.475 e. The van der Waals surface area contributed by atoms with Crippen molar-refractivity contribution in [2.45, 2.75) is 31.5 Å². The van der Waals surface area contributed by atoms with E-state index in [9.17, 15) is 9.90 Å². The number of aliphatic hydroxyl groups is 1. The summed E-state index contributed by atoms with van der Waals surface area (Å²) in [5, 5.41) is 17.9. The number of allylic oxidation sites excluding steroid dienone is 1. The second-order valence-corrected chi connectivity index (χ2v) is 5.99. The molecule has 0 aliphatic carbocycles. The minimum atomic E-state index is -1.09. The highest BCUT2D eigenvalue weighted by Crippen LogP contribution is 2.32. The van der Waals surface area contributed by atoms with Gasteiger partial charge in [0.15, 0.2) is 0 Å². The molecule has 0 spiro atoms. The van der Waals surface area contributed by atoms with Crippen molar-refractivity contribution in [2.24, 2.45) is 0 Å². The number of hydrogen-bond acceptors (Lipinski definition) is 4. The molecule has 0 unspecified atom stereocenters. The average Bonchev–Trinajstić information content (AvgIpc) is 2.52. The normalized spacial score (nSPS) is 21.1. The molecule has 22 heavy (non-hydrogen) atoms. The van der Waals surface area contributed by atoms with Gasteiger partial charge in [-0.05, 0) is 36.6 Å². The Morgan fingerprint density at radius 2 is 2.05 bits per heavy atom. The van der Waals surface area contributed by atoms with E-state index in [4.69, 9.17) is 14.6 Å². The van der Waals surface area contributed by atoms with Gasteiger partial charge < -0.3 is 19.7 Å². The van der Waals surface area contributed by atoms with Crippen molar-refractivity contribution in [2.75, 3.05) is 13.2 Å². The van der Waals surface area contributed by atoms with Crippen LogP contribution in [0.4, 0.5) is 0 Å². The van der Waals surface area contributed by atoms with Crippen LogP contribution in [0.3, 0.4) is 0 Å². The number of halogens is 1. The summed E-state index contributed by atoms with van der Waals surface area (Å²) in [6.07, 6.45) is 2.98. The molecular formula is C16H19BrO5. The quantitative estimate of drug-likeness (QED) is 0.721. The summed E-state index contributed by atoms with van der Waals surface area (Å²) in [5.41, 5.74) is 1.02. The first-order valence-corrected chi connectivity index (χ1v) is 7.99. The number of carboxylic acid groups (broad SMARTS) is 1. The van der Waals surface area contributed by atoms with Crippen LogP contribution >= 0.6 is 15.9 Å². The Kier molecular flexibility index (Phi) is 6.42. The molecule has 0 bridgehead atoms. The molecule has 1 aromatic carbocycles.